The van der Waals surface area contributed by atoms with Gasteiger partial charge in [0.05, 0.1) is 39.3 Å². The molecule has 2 rings (SSSR count). The Hall–Kier alpha value is -3.44. The molecule has 0 unspecified atom stereocenters. The van der Waals surface area contributed by atoms with Crippen molar-refractivity contribution in [2.45, 2.75) is 6.92 Å². The molecule has 0 radical (unpaired) electrons. The fourth-order valence-corrected chi connectivity index (χ4v) is 2.20. The Morgan fingerprint density at radius 3 is 2.38 bits per heavy atom. The van der Waals surface area contributed by atoms with E-state index in [0.717, 1.165) is 18.2 Å². The van der Waals surface area contributed by atoms with Crippen molar-refractivity contribution < 1.29 is 24.0 Å². The lowest BCUT2D eigenvalue weighted by Crippen LogP contribution is -2.12. The number of nitrogens with zero attached hydrogens (tertiary/aromatic N) is 2. The Morgan fingerprint density at radius 1 is 1.19 bits per heavy atom. The lowest BCUT2D eigenvalue weighted by Gasteiger charge is -2.08. The third-order valence-electron chi connectivity index (χ3n) is 3.14. The molecule has 0 bridgehead atoms. The molecular formula is C17H11ClN2O6. The lowest BCUT2D eigenvalue weighted by atomic mass is 10.1. The minimum absolute atomic E-state index is 0.0217. The van der Waals surface area contributed by atoms with Crippen LogP contribution in [0, 0.1) is 21.4 Å². The number of hydrogen-bond donors (Lipinski definition) is 0. The smallest absolute Gasteiger partial charge is 0.343 e. The zero-order valence-electron chi connectivity index (χ0n) is 13.4. The van der Waals surface area contributed by atoms with Crippen LogP contribution in [0.25, 0.3) is 0 Å². The van der Waals surface area contributed by atoms with E-state index in [1.165, 1.54) is 18.2 Å². The molecule has 0 fully saturated rings. The lowest BCUT2D eigenvalue weighted by molar-refractivity contribution is -0.384. The summed E-state index contributed by atoms with van der Waals surface area (Å²) in [4.78, 5) is 34.4. The summed E-state index contributed by atoms with van der Waals surface area (Å²) in [6.07, 6.45) is 0. The number of halogens is 1. The molecule has 0 saturated carbocycles. The van der Waals surface area contributed by atoms with Gasteiger partial charge in [-0.2, -0.15) is 5.26 Å². The molecule has 0 aliphatic carbocycles. The van der Waals surface area contributed by atoms with Gasteiger partial charge in [-0.1, -0.05) is 11.6 Å². The molecule has 0 saturated heterocycles. The highest BCUT2D eigenvalue weighted by Crippen LogP contribution is 2.27. The van der Waals surface area contributed by atoms with Crippen LogP contribution in [0.1, 0.15) is 33.2 Å². The first-order chi connectivity index (χ1) is 12.3. The number of esters is 2. The van der Waals surface area contributed by atoms with Gasteiger partial charge in [0.1, 0.15) is 5.75 Å². The van der Waals surface area contributed by atoms with Crippen molar-refractivity contribution in [2.24, 2.45) is 0 Å². The van der Waals surface area contributed by atoms with E-state index < -0.39 is 22.5 Å². The van der Waals surface area contributed by atoms with E-state index in [1.807, 2.05) is 6.07 Å². The molecule has 9 heteroatoms. The summed E-state index contributed by atoms with van der Waals surface area (Å²) >= 11 is 5.93. The number of hydrogen-bond acceptors (Lipinski definition) is 7. The van der Waals surface area contributed by atoms with Crippen molar-refractivity contribution in [3.8, 4) is 11.8 Å². The van der Waals surface area contributed by atoms with Gasteiger partial charge in [0.2, 0.25) is 0 Å². The summed E-state index contributed by atoms with van der Waals surface area (Å²) in [6, 6.07) is 9.01. The van der Waals surface area contributed by atoms with Crippen LogP contribution in [0.2, 0.25) is 5.02 Å². The summed E-state index contributed by atoms with van der Waals surface area (Å²) in [6.45, 7) is 1.65. The second kappa shape index (κ2) is 8.09. The predicted molar refractivity (Wildman–Crippen MR) is 90.2 cm³/mol. The van der Waals surface area contributed by atoms with E-state index in [9.17, 15) is 19.7 Å². The van der Waals surface area contributed by atoms with E-state index in [0.29, 0.717) is 0 Å². The van der Waals surface area contributed by atoms with Gasteiger partial charge in [0.15, 0.2) is 0 Å². The van der Waals surface area contributed by atoms with Gasteiger partial charge in [-0.25, -0.2) is 9.59 Å². The van der Waals surface area contributed by atoms with Crippen LogP contribution in [0.5, 0.6) is 5.75 Å². The number of carbonyl (C=O) groups is 2. The summed E-state index contributed by atoms with van der Waals surface area (Å²) in [5.74, 6) is -1.78. The van der Waals surface area contributed by atoms with Gasteiger partial charge >= 0.3 is 11.9 Å². The number of nitro groups is 1. The Morgan fingerprint density at radius 2 is 1.85 bits per heavy atom. The van der Waals surface area contributed by atoms with Gasteiger partial charge < -0.3 is 9.47 Å². The second-order valence-corrected chi connectivity index (χ2v) is 5.30. The van der Waals surface area contributed by atoms with Crippen LogP contribution in [0.3, 0.4) is 0 Å². The Labute approximate surface area is 152 Å². The second-order valence-electron chi connectivity index (χ2n) is 4.89. The molecule has 0 N–H and O–H groups in total. The van der Waals surface area contributed by atoms with Crippen LogP contribution in [-0.2, 0) is 4.74 Å². The molecule has 26 heavy (non-hydrogen) atoms. The highest BCUT2D eigenvalue weighted by molar-refractivity contribution is 6.32. The van der Waals surface area contributed by atoms with Crippen molar-refractivity contribution in [3.05, 3.63) is 68.2 Å². The van der Waals surface area contributed by atoms with Crippen LogP contribution < -0.4 is 4.74 Å². The average Bonchev–Trinajstić information content (AvgIpc) is 2.63. The normalized spacial score (nSPS) is 9.88. The molecule has 0 aliphatic rings. The number of non-ortho nitro benzene ring substituents is 1. The first kappa shape index (κ1) is 18.9. The maximum atomic E-state index is 12.3. The minimum atomic E-state index is -0.953. The van der Waals surface area contributed by atoms with Gasteiger partial charge in [0.25, 0.3) is 5.69 Å². The van der Waals surface area contributed by atoms with Gasteiger partial charge in [-0.3, -0.25) is 10.1 Å². The van der Waals surface area contributed by atoms with Gasteiger partial charge in [-0.05, 0) is 31.2 Å². The standard InChI is InChI=1S/C17H11ClN2O6/c1-2-25-16(21)11-6-12(8-13(7-11)20(23)24)17(22)26-15-4-3-10(9-19)5-14(15)18/h3-8H,2H2,1H3. The molecular weight excluding hydrogens is 364 g/mol. The fraction of sp³-hybridized carbons (Fsp3) is 0.118. The zero-order valence-corrected chi connectivity index (χ0v) is 14.1. The van der Waals surface area contributed by atoms with E-state index in [1.54, 1.807) is 6.92 Å². The van der Waals surface area contributed by atoms with E-state index in [-0.39, 0.29) is 34.1 Å². The Balaban J connectivity index is 2.37. The van der Waals surface area contributed by atoms with Crippen LogP contribution >= 0.6 is 11.6 Å². The first-order valence-electron chi connectivity index (χ1n) is 7.24. The maximum absolute atomic E-state index is 12.3. The van der Waals surface area contributed by atoms with E-state index >= 15 is 0 Å². The zero-order chi connectivity index (χ0) is 19.3. The molecule has 2 aromatic carbocycles. The van der Waals surface area contributed by atoms with Crippen molar-refractivity contribution in [1.82, 2.24) is 0 Å². The summed E-state index contributed by atoms with van der Waals surface area (Å²) in [5.41, 5.74) is -0.565. The number of rotatable bonds is 5. The van der Waals surface area contributed by atoms with Gasteiger partial charge in [0, 0.05) is 12.1 Å². The molecule has 0 atom stereocenters. The number of carbonyl (C=O) groups excluding carboxylic acids is 2. The monoisotopic (exact) mass is 374 g/mol. The number of benzene rings is 2. The van der Waals surface area contributed by atoms with Crippen molar-refractivity contribution in [3.63, 3.8) is 0 Å². The number of nitro benzene ring substituents is 1. The Kier molecular flexibility index (Phi) is 5.88. The summed E-state index contributed by atoms with van der Waals surface area (Å²) < 4.78 is 9.90. The quantitative estimate of drug-likeness (QED) is 0.340. The van der Waals surface area contributed by atoms with Crippen molar-refractivity contribution >= 4 is 29.2 Å². The average molecular weight is 375 g/mol. The van der Waals surface area contributed by atoms with E-state index in [4.69, 9.17) is 26.3 Å². The van der Waals surface area contributed by atoms with Crippen LogP contribution in [0.15, 0.2) is 36.4 Å². The number of nitriles is 1. The largest absolute Gasteiger partial charge is 0.462 e. The first-order valence-corrected chi connectivity index (χ1v) is 7.62. The SMILES string of the molecule is CCOC(=O)c1cc(C(=O)Oc2ccc(C#N)cc2Cl)cc([N+](=O)[O-])c1. The van der Waals surface area contributed by atoms with Crippen LogP contribution in [-0.4, -0.2) is 23.5 Å². The summed E-state index contributed by atoms with van der Waals surface area (Å²) in [7, 11) is 0. The highest BCUT2D eigenvalue weighted by atomic mass is 35.5. The van der Waals surface area contributed by atoms with Crippen molar-refractivity contribution in [1.29, 1.82) is 5.26 Å². The fourth-order valence-electron chi connectivity index (χ4n) is 1.98. The van der Waals surface area contributed by atoms with E-state index in [2.05, 4.69) is 0 Å². The molecule has 0 spiro atoms. The molecule has 0 heterocycles. The third-order valence-corrected chi connectivity index (χ3v) is 3.43. The van der Waals surface area contributed by atoms with Gasteiger partial charge in [-0.15, -0.1) is 0 Å². The van der Waals surface area contributed by atoms with Crippen LogP contribution in [0.4, 0.5) is 5.69 Å². The number of ether oxygens (including phenoxy) is 2. The third kappa shape index (κ3) is 4.34. The molecule has 0 amide bonds. The van der Waals surface area contributed by atoms with Crippen molar-refractivity contribution in [2.75, 3.05) is 6.61 Å². The predicted octanol–water partition coefficient (Wildman–Crippen LogP) is 3.52. The Bertz CT molecular complexity index is 935. The highest BCUT2D eigenvalue weighted by Gasteiger charge is 2.20. The molecule has 0 aromatic heterocycles. The minimum Gasteiger partial charge on any atom is -0.462 e. The maximum Gasteiger partial charge on any atom is 0.343 e. The molecule has 132 valence electrons. The topological polar surface area (TPSA) is 120 Å². The molecule has 2 aromatic rings. The molecule has 0 aliphatic heterocycles. The molecule has 8 nitrogen and oxygen atoms in total. The summed E-state index contributed by atoms with van der Waals surface area (Å²) in [5, 5.41) is 19.9.